The largest absolute Gasteiger partial charge is 0.394 e. The number of carbonyl (C=O) groups is 3. The van der Waals surface area contributed by atoms with E-state index in [-0.39, 0.29) is 11.3 Å². The van der Waals surface area contributed by atoms with Crippen molar-refractivity contribution in [2.45, 2.75) is 18.5 Å². The highest BCUT2D eigenvalue weighted by Gasteiger charge is 2.45. The predicted molar refractivity (Wildman–Crippen MR) is 133 cm³/mol. The summed E-state index contributed by atoms with van der Waals surface area (Å²) >= 11 is 6.16. The van der Waals surface area contributed by atoms with Gasteiger partial charge in [0.1, 0.15) is 17.3 Å². The number of imide groups is 1. The minimum atomic E-state index is -1.92. The number of H-pyrrole nitrogens is 1. The second-order valence-electron chi connectivity index (χ2n) is 8.82. The Morgan fingerprint density at radius 1 is 1.13 bits per heavy atom. The molecule has 0 saturated carbocycles. The first kappa shape index (κ1) is 27.2. The van der Waals surface area contributed by atoms with E-state index in [0.717, 1.165) is 17.7 Å². The summed E-state index contributed by atoms with van der Waals surface area (Å²) in [6.45, 7) is -0.888. The number of aryl methyl sites for hydroxylation is 1. The van der Waals surface area contributed by atoms with Crippen LogP contribution in [-0.4, -0.2) is 68.4 Å². The summed E-state index contributed by atoms with van der Waals surface area (Å²) in [7, 11) is 0. The summed E-state index contributed by atoms with van der Waals surface area (Å²) in [4.78, 5) is 43.2. The van der Waals surface area contributed by atoms with Crippen LogP contribution < -0.4 is 10.6 Å². The third-order valence-corrected chi connectivity index (χ3v) is 6.76. The van der Waals surface area contributed by atoms with Crippen LogP contribution >= 0.6 is 11.6 Å². The molecule has 1 saturated heterocycles. The second-order valence-corrected chi connectivity index (χ2v) is 9.23. The van der Waals surface area contributed by atoms with Gasteiger partial charge in [0, 0.05) is 22.2 Å². The van der Waals surface area contributed by atoms with Crippen LogP contribution in [0.5, 0.6) is 0 Å². The third-order valence-electron chi connectivity index (χ3n) is 6.35. The van der Waals surface area contributed by atoms with Crippen LogP contribution in [-0.2, 0) is 9.59 Å². The summed E-state index contributed by atoms with van der Waals surface area (Å²) in [5.41, 5.74) is -0.390. The first-order valence-electron chi connectivity index (χ1n) is 11.3. The molecule has 2 aromatic carbocycles. The lowest BCUT2D eigenvalue weighted by molar-refractivity contribution is -0.136. The SMILES string of the molecule is Cc1c(Cl)ccc2c(C=C3NC(=O)N(C(C(=O)NC(CO)(CO)CO)c4ccc(F)c(F)c4)C3=O)c[nH]c12. The molecule has 4 rings (SSSR count). The quantitative estimate of drug-likeness (QED) is 0.186. The van der Waals surface area contributed by atoms with Gasteiger partial charge in [-0.3, -0.25) is 9.59 Å². The second kappa shape index (κ2) is 10.5. The van der Waals surface area contributed by atoms with E-state index < -0.39 is 60.9 Å². The molecule has 0 radical (unpaired) electrons. The number of amides is 4. The fraction of sp³-hybridized carbons (Fsp3) is 0.240. The number of benzene rings is 2. The molecule has 0 bridgehead atoms. The molecule has 4 amide bonds. The van der Waals surface area contributed by atoms with Gasteiger partial charge in [-0.05, 0) is 42.3 Å². The van der Waals surface area contributed by atoms with Gasteiger partial charge in [0.15, 0.2) is 11.6 Å². The molecular formula is C25H23ClF2N4O6. The molecule has 1 aliphatic heterocycles. The average Bonchev–Trinajstić information content (AvgIpc) is 3.43. The Balaban J connectivity index is 1.76. The maximum absolute atomic E-state index is 14.1. The Labute approximate surface area is 219 Å². The molecule has 1 atom stereocenters. The molecule has 0 aliphatic carbocycles. The Kier molecular flexibility index (Phi) is 7.51. The van der Waals surface area contributed by atoms with Crippen molar-refractivity contribution in [1.82, 2.24) is 20.5 Å². The Bertz CT molecular complexity index is 1460. The van der Waals surface area contributed by atoms with Gasteiger partial charge in [-0.2, -0.15) is 0 Å². The summed E-state index contributed by atoms with van der Waals surface area (Å²) < 4.78 is 27.7. The highest BCUT2D eigenvalue weighted by Crippen LogP contribution is 2.31. The number of nitrogens with one attached hydrogen (secondary N) is 3. The van der Waals surface area contributed by atoms with Crippen molar-refractivity contribution in [3.05, 3.63) is 75.6 Å². The summed E-state index contributed by atoms with van der Waals surface area (Å²) in [6, 6.07) is 2.89. The van der Waals surface area contributed by atoms with Crippen LogP contribution in [0.25, 0.3) is 17.0 Å². The van der Waals surface area contributed by atoms with E-state index in [1.807, 2.05) is 0 Å². The lowest BCUT2D eigenvalue weighted by Gasteiger charge is -2.32. The van der Waals surface area contributed by atoms with E-state index in [1.165, 1.54) is 6.08 Å². The first-order chi connectivity index (χ1) is 18.1. The van der Waals surface area contributed by atoms with Crippen LogP contribution in [0.3, 0.4) is 0 Å². The highest BCUT2D eigenvalue weighted by atomic mass is 35.5. The Hall–Kier alpha value is -3.84. The fourth-order valence-electron chi connectivity index (χ4n) is 4.10. The van der Waals surface area contributed by atoms with Crippen LogP contribution in [0, 0.1) is 18.6 Å². The van der Waals surface area contributed by atoms with Crippen LogP contribution in [0.4, 0.5) is 13.6 Å². The maximum Gasteiger partial charge on any atom is 0.330 e. The topological polar surface area (TPSA) is 155 Å². The fourth-order valence-corrected chi connectivity index (χ4v) is 4.25. The third kappa shape index (κ3) is 4.74. The van der Waals surface area contributed by atoms with Crippen molar-refractivity contribution in [3.8, 4) is 0 Å². The zero-order valence-corrected chi connectivity index (χ0v) is 20.6. The number of rotatable bonds is 8. The predicted octanol–water partition coefficient (Wildman–Crippen LogP) is 1.87. The molecule has 2 heterocycles. The lowest BCUT2D eigenvalue weighted by Crippen LogP contribution is -2.59. The number of fused-ring (bicyclic) bond motifs is 1. The van der Waals surface area contributed by atoms with Gasteiger partial charge in [0.2, 0.25) is 5.91 Å². The lowest BCUT2D eigenvalue weighted by atomic mass is 9.99. The van der Waals surface area contributed by atoms with Gasteiger partial charge in [-0.25, -0.2) is 18.5 Å². The van der Waals surface area contributed by atoms with Gasteiger partial charge >= 0.3 is 6.03 Å². The van der Waals surface area contributed by atoms with Crippen molar-refractivity contribution in [1.29, 1.82) is 0 Å². The normalized spacial score (nSPS) is 15.9. The molecule has 0 spiro atoms. The number of aromatic nitrogens is 1. The smallest absolute Gasteiger partial charge is 0.330 e. The maximum atomic E-state index is 14.1. The van der Waals surface area contributed by atoms with Crippen molar-refractivity contribution >= 4 is 46.4 Å². The Morgan fingerprint density at radius 2 is 1.82 bits per heavy atom. The average molecular weight is 549 g/mol. The summed E-state index contributed by atoms with van der Waals surface area (Å²) in [5.74, 6) is -4.66. The van der Waals surface area contributed by atoms with Crippen molar-refractivity contribution in [2.24, 2.45) is 0 Å². The van der Waals surface area contributed by atoms with Crippen molar-refractivity contribution in [3.63, 3.8) is 0 Å². The van der Waals surface area contributed by atoms with Crippen LogP contribution in [0.15, 0.2) is 42.2 Å². The van der Waals surface area contributed by atoms with Gasteiger partial charge in [0.05, 0.1) is 25.3 Å². The van der Waals surface area contributed by atoms with Gasteiger partial charge in [-0.15, -0.1) is 0 Å². The number of halogens is 3. The molecule has 1 fully saturated rings. The number of hydrogen-bond acceptors (Lipinski definition) is 6. The molecule has 1 aliphatic rings. The standard InChI is InChI=1S/C25H23ClF2N4O6/c1-12-16(26)4-3-15-14(8-29-20(12)15)7-19-23(37)32(24(38)30-19)21(13-2-5-17(27)18(28)6-13)22(36)31-25(9-33,10-34)11-35/h2-8,21,29,33-35H,9-11H2,1H3,(H,30,38)(H,31,36). The number of aliphatic hydroxyl groups is 3. The van der Waals surface area contributed by atoms with E-state index in [2.05, 4.69) is 15.6 Å². The molecule has 6 N–H and O–H groups in total. The zero-order chi connectivity index (χ0) is 27.8. The monoisotopic (exact) mass is 548 g/mol. The molecule has 10 nitrogen and oxygen atoms in total. The van der Waals surface area contributed by atoms with Crippen LogP contribution in [0.2, 0.25) is 5.02 Å². The Morgan fingerprint density at radius 3 is 2.45 bits per heavy atom. The van der Waals surface area contributed by atoms with Crippen molar-refractivity contribution < 1.29 is 38.5 Å². The minimum absolute atomic E-state index is 0.207. The zero-order valence-electron chi connectivity index (χ0n) is 19.9. The molecule has 13 heteroatoms. The number of hydrogen-bond donors (Lipinski definition) is 6. The molecule has 1 unspecified atom stereocenters. The molecule has 3 aromatic rings. The highest BCUT2D eigenvalue weighted by molar-refractivity contribution is 6.32. The van der Waals surface area contributed by atoms with Crippen LogP contribution in [0.1, 0.15) is 22.7 Å². The molecule has 1 aromatic heterocycles. The van der Waals surface area contributed by atoms with Gasteiger partial charge in [-0.1, -0.05) is 23.7 Å². The summed E-state index contributed by atoms with van der Waals surface area (Å²) in [6.07, 6.45) is 2.98. The van der Waals surface area contributed by atoms with Gasteiger partial charge in [0.25, 0.3) is 5.91 Å². The first-order valence-corrected chi connectivity index (χ1v) is 11.7. The number of nitrogens with zero attached hydrogens (tertiary/aromatic N) is 1. The number of aliphatic hydroxyl groups excluding tert-OH is 3. The summed E-state index contributed by atoms with van der Waals surface area (Å²) in [5, 5.41) is 34.7. The number of urea groups is 1. The van der Waals surface area contributed by atoms with E-state index in [4.69, 9.17) is 11.6 Å². The molecule has 38 heavy (non-hydrogen) atoms. The van der Waals surface area contributed by atoms with Gasteiger partial charge < -0.3 is 30.9 Å². The molecule has 200 valence electrons. The minimum Gasteiger partial charge on any atom is -0.394 e. The molecular weight excluding hydrogens is 526 g/mol. The number of aromatic amines is 1. The van der Waals surface area contributed by atoms with E-state index in [1.54, 1.807) is 25.3 Å². The van der Waals surface area contributed by atoms with Crippen molar-refractivity contribution in [2.75, 3.05) is 19.8 Å². The number of carbonyl (C=O) groups excluding carboxylic acids is 3. The van der Waals surface area contributed by atoms with E-state index in [9.17, 15) is 38.5 Å². The van der Waals surface area contributed by atoms with E-state index in [0.29, 0.717) is 32.5 Å². The van der Waals surface area contributed by atoms with E-state index >= 15 is 0 Å².